The molecule has 4 aliphatic carbocycles. The molecule has 0 amide bonds. The van der Waals surface area contributed by atoms with Gasteiger partial charge in [0.1, 0.15) is 18.0 Å². The van der Waals surface area contributed by atoms with Crippen molar-refractivity contribution in [3.05, 3.63) is 0 Å². The molecule has 4 fully saturated rings. The average Bonchev–Trinajstić information content (AvgIpc) is 2.92. The maximum Gasteiger partial charge on any atom is 0.302 e. The Hall–Kier alpha value is -0.910. The van der Waals surface area contributed by atoms with E-state index in [-0.39, 0.29) is 45.7 Å². The first kappa shape index (κ1) is 21.3. The third-order valence-corrected chi connectivity index (χ3v) is 9.86. The minimum absolute atomic E-state index is 0.0148. The monoisotopic (exact) mass is 468 g/mol. The van der Waals surface area contributed by atoms with Gasteiger partial charge in [-0.05, 0) is 61.7 Å². The number of carbonyl (C=O) groups is 3. The SMILES string of the molecule is CC(=O)O[C@H]1CC[C@H]2[C@@H]3CC(=O)[C@H]4C[C@@H](OC(C)=O)[C@H](Br)C[C@]4(C)[C@H]3CC[C@]12C. The van der Waals surface area contributed by atoms with Crippen molar-refractivity contribution in [2.24, 2.45) is 34.5 Å². The smallest absolute Gasteiger partial charge is 0.302 e. The lowest BCUT2D eigenvalue weighted by Crippen LogP contribution is -2.59. The molecule has 5 nitrogen and oxygen atoms in total. The van der Waals surface area contributed by atoms with E-state index in [4.69, 9.17) is 9.47 Å². The highest BCUT2D eigenvalue weighted by molar-refractivity contribution is 9.09. The van der Waals surface area contributed by atoms with Crippen LogP contribution in [0.4, 0.5) is 0 Å². The predicted octanol–water partition coefficient (Wildman–Crippen LogP) is 4.44. The Balaban J connectivity index is 1.59. The highest BCUT2D eigenvalue weighted by atomic mass is 79.9. The van der Waals surface area contributed by atoms with Gasteiger partial charge in [-0.2, -0.15) is 0 Å². The van der Waals surface area contributed by atoms with Crippen molar-refractivity contribution in [1.82, 2.24) is 0 Å². The van der Waals surface area contributed by atoms with Crippen LogP contribution in [0.5, 0.6) is 0 Å². The van der Waals surface area contributed by atoms with Crippen molar-refractivity contribution < 1.29 is 23.9 Å². The average molecular weight is 469 g/mol. The van der Waals surface area contributed by atoms with Crippen molar-refractivity contribution in [2.45, 2.75) is 89.7 Å². The van der Waals surface area contributed by atoms with Gasteiger partial charge in [0.2, 0.25) is 0 Å². The first-order valence-corrected chi connectivity index (χ1v) is 12.0. The van der Waals surface area contributed by atoms with Crippen molar-refractivity contribution in [1.29, 1.82) is 0 Å². The summed E-state index contributed by atoms with van der Waals surface area (Å²) in [6.07, 6.45) is 5.95. The number of hydrogen-bond donors (Lipinski definition) is 0. The molecule has 0 heterocycles. The fraction of sp³-hybridized carbons (Fsp3) is 0.870. The molecule has 9 atom stereocenters. The van der Waals surface area contributed by atoms with Gasteiger partial charge >= 0.3 is 11.9 Å². The summed E-state index contributed by atoms with van der Waals surface area (Å²) >= 11 is 3.77. The Kier molecular flexibility index (Phi) is 5.40. The van der Waals surface area contributed by atoms with Gasteiger partial charge in [-0.1, -0.05) is 29.8 Å². The third-order valence-electron chi connectivity index (χ3n) is 8.95. The normalized spacial score (nSPS) is 48.9. The molecule has 0 aromatic heterocycles. The summed E-state index contributed by atoms with van der Waals surface area (Å²) in [5.74, 6) is 1.14. The molecule has 29 heavy (non-hydrogen) atoms. The second-order valence-electron chi connectivity index (χ2n) is 10.4. The highest BCUT2D eigenvalue weighted by Gasteiger charge is 2.64. The minimum atomic E-state index is -0.278. The van der Waals surface area contributed by atoms with E-state index in [0.29, 0.717) is 36.4 Å². The number of hydrogen-bond acceptors (Lipinski definition) is 5. The summed E-state index contributed by atoms with van der Waals surface area (Å²) in [5.41, 5.74) is -0.0786. The van der Waals surface area contributed by atoms with Crippen molar-refractivity contribution in [3.8, 4) is 0 Å². The molecular formula is C23H33BrO5. The molecule has 0 unspecified atom stereocenters. The molecular weight excluding hydrogens is 436 g/mol. The zero-order chi connectivity index (χ0) is 21.1. The topological polar surface area (TPSA) is 69.7 Å². The number of Topliss-reactive ketones (excluding diaryl/α,β-unsaturated/α-hetero) is 1. The Morgan fingerprint density at radius 3 is 2.31 bits per heavy atom. The first-order valence-electron chi connectivity index (χ1n) is 11.1. The second kappa shape index (κ2) is 7.35. The van der Waals surface area contributed by atoms with E-state index in [9.17, 15) is 14.4 Å². The number of esters is 2. The van der Waals surface area contributed by atoms with Gasteiger partial charge in [-0.25, -0.2) is 0 Å². The summed E-state index contributed by atoms with van der Waals surface area (Å²) in [6.45, 7) is 7.51. The Morgan fingerprint density at radius 1 is 1.00 bits per heavy atom. The van der Waals surface area contributed by atoms with Crippen LogP contribution in [0, 0.1) is 34.5 Å². The molecule has 0 saturated heterocycles. The van der Waals surface area contributed by atoms with Gasteiger partial charge in [0.05, 0.1) is 4.83 Å². The number of ether oxygens (including phenoxy) is 2. The molecule has 4 saturated carbocycles. The van der Waals surface area contributed by atoms with E-state index in [2.05, 4.69) is 29.8 Å². The fourth-order valence-electron chi connectivity index (χ4n) is 7.70. The molecule has 0 bridgehead atoms. The lowest BCUT2D eigenvalue weighted by Gasteiger charge is -2.60. The molecule has 6 heteroatoms. The molecule has 0 spiro atoms. The van der Waals surface area contributed by atoms with Gasteiger partial charge in [-0.3, -0.25) is 14.4 Å². The fourth-order valence-corrected chi connectivity index (χ4v) is 8.72. The number of carbonyl (C=O) groups excluding carboxylic acids is 3. The largest absolute Gasteiger partial charge is 0.462 e. The summed E-state index contributed by atoms with van der Waals surface area (Å²) in [6, 6.07) is 0. The lowest BCUT2D eigenvalue weighted by atomic mass is 9.45. The van der Waals surface area contributed by atoms with Crippen LogP contribution in [-0.4, -0.2) is 34.8 Å². The van der Waals surface area contributed by atoms with E-state index in [1.54, 1.807) is 0 Å². The zero-order valence-electron chi connectivity index (χ0n) is 17.9. The Labute approximate surface area is 181 Å². The zero-order valence-corrected chi connectivity index (χ0v) is 19.5. The van der Waals surface area contributed by atoms with Crippen molar-refractivity contribution in [3.63, 3.8) is 0 Å². The predicted molar refractivity (Wildman–Crippen MR) is 111 cm³/mol. The van der Waals surface area contributed by atoms with Crippen LogP contribution in [0.15, 0.2) is 0 Å². The van der Waals surface area contributed by atoms with Gasteiger partial charge in [-0.15, -0.1) is 0 Å². The van der Waals surface area contributed by atoms with E-state index in [0.717, 1.165) is 32.1 Å². The first-order chi connectivity index (χ1) is 13.6. The second-order valence-corrected chi connectivity index (χ2v) is 11.6. The molecule has 0 radical (unpaired) electrons. The van der Waals surface area contributed by atoms with Crippen molar-refractivity contribution in [2.75, 3.05) is 0 Å². The van der Waals surface area contributed by atoms with E-state index >= 15 is 0 Å². The van der Waals surface area contributed by atoms with Crippen LogP contribution in [0.25, 0.3) is 0 Å². The van der Waals surface area contributed by atoms with Crippen molar-refractivity contribution >= 4 is 33.7 Å². The Morgan fingerprint density at radius 2 is 1.66 bits per heavy atom. The quantitative estimate of drug-likeness (QED) is 0.442. The van der Waals surface area contributed by atoms with Gasteiger partial charge in [0.15, 0.2) is 0 Å². The molecule has 0 aromatic carbocycles. The molecule has 0 aromatic rings. The van der Waals surface area contributed by atoms with Crippen LogP contribution in [0.1, 0.15) is 72.6 Å². The number of alkyl halides is 1. The summed E-state index contributed by atoms with van der Waals surface area (Å²) in [5, 5.41) is 0. The van der Waals surface area contributed by atoms with E-state index in [1.165, 1.54) is 13.8 Å². The maximum atomic E-state index is 13.3. The van der Waals surface area contributed by atoms with Gasteiger partial charge in [0, 0.05) is 31.6 Å². The van der Waals surface area contributed by atoms with E-state index in [1.807, 2.05) is 0 Å². The number of fused-ring (bicyclic) bond motifs is 5. The van der Waals surface area contributed by atoms with Gasteiger partial charge in [0.25, 0.3) is 0 Å². The molecule has 4 aliphatic rings. The molecule has 0 aliphatic heterocycles. The molecule has 162 valence electrons. The van der Waals surface area contributed by atoms with Crippen LogP contribution in [-0.2, 0) is 23.9 Å². The summed E-state index contributed by atoms with van der Waals surface area (Å²) in [4.78, 5) is 36.6. The standard InChI is InChI=1S/C23H33BrO5/c1-12(25)28-20-10-17-19(27)9-14-15-5-6-21(29-13(2)26)22(15,3)8-7-16(14)23(17,4)11-18(20)24/h14-18,20-21H,5-11H2,1-4H3/t14-,15-,16-,17+,18+,20+,21-,22-,23+/m0/s1. The summed E-state index contributed by atoms with van der Waals surface area (Å²) < 4.78 is 11.2. The van der Waals surface area contributed by atoms with Crippen LogP contribution in [0.3, 0.4) is 0 Å². The summed E-state index contributed by atoms with van der Waals surface area (Å²) in [7, 11) is 0. The lowest BCUT2D eigenvalue weighted by molar-refractivity contribution is -0.173. The maximum absolute atomic E-state index is 13.3. The number of halogens is 1. The van der Waals surface area contributed by atoms with Crippen LogP contribution in [0.2, 0.25) is 0 Å². The third kappa shape index (κ3) is 3.37. The van der Waals surface area contributed by atoms with Gasteiger partial charge < -0.3 is 9.47 Å². The molecule has 4 rings (SSSR count). The highest BCUT2D eigenvalue weighted by Crippen LogP contribution is 2.66. The number of rotatable bonds is 2. The van der Waals surface area contributed by atoms with Crippen LogP contribution >= 0.6 is 15.9 Å². The van der Waals surface area contributed by atoms with Crippen LogP contribution < -0.4 is 0 Å². The van der Waals surface area contributed by atoms with E-state index < -0.39 is 0 Å². The Bertz CT molecular complexity index is 722. The number of ketones is 1. The molecule has 0 N–H and O–H groups in total. The minimum Gasteiger partial charge on any atom is -0.462 e.